The molecule has 0 amide bonds. The number of allylic oxidation sites excluding steroid dienone is 2. The molecular formula is C21H20O4. The summed E-state index contributed by atoms with van der Waals surface area (Å²) >= 11 is 0. The Kier molecular flexibility index (Phi) is 6.87. The van der Waals surface area contributed by atoms with Gasteiger partial charge in [0.25, 0.3) is 0 Å². The molecule has 0 aliphatic heterocycles. The summed E-state index contributed by atoms with van der Waals surface area (Å²) < 4.78 is 0. The lowest BCUT2D eigenvalue weighted by Gasteiger charge is -2.06. The zero-order valence-electron chi connectivity index (χ0n) is 13.7. The highest BCUT2D eigenvalue weighted by Crippen LogP contribution is 2.20. The van der Waals surface area contributed by atoms with Crippen LogP contribution in [0.4, 0.5) is 0 Å². The van der Waals surface area contributed by atoms with E-state index < -0.39 is 24.3 Å². The molecule has 0 saturated heterocycles. The molecule has 0 radical (unpaired) electrons. The summed E-state index contributed by atoms with van der Waals surface area (Å²) in [7, 11) is 0. The highest BCUT2D eigenvalue weighted by Gasteiger charge is 2.12. The second-order valence-corrected chi connectivity index (χ2v) is 5.62. The third-order valence-corrected chi connectivity index (χ3v) is 3.51. The van der Waals surface area contributed by atoms with Gasteiger partial charge in [-0.05, 0) is 22.8 Å². The summed E-state index contributed by atoms with van der Waals surface area (Å²) in [6, 6.07) is 19.5. The first-order valence-corrected chi connectivity index (χ1v) is 7.96. The van der Waals surface area contributed by atoms with Crippen LogP contribution in [0.25, 0.3) is 11.6 Å². The Labute approximate surface area is 146 Å². The van der Waals surface area contributed by atoms with Crippen molar-refractivity contribution in [3.8, 4) is 0 Å². The highest BCUT2D eigenvalue weighted by atomic mass is 16.4. The first kappa shape index (κ1) is 18.4. The third kappa shape index (κ3) is 6.57. The van der Waals surface area contributed by atoms with Crippen molar-refractivity contribution in [2.24, 2.45) is 0 Å². The average Bonchev–Trinajstić information content (AvgIpc) is 2.59. The van der Waals surface area contributed by atoms with E-state index in [1.807, 2.05) is 66.7 Å². The lowest BCUT2D eigenvalue weighted by molar-refractivity contribution is -0.140. The molecule has 2 aromatic rings. The molecule has 0 fully saturated rings. The number of Topliss-reactive ketones (excluding diaryl/α,β-unsaturated/α-hetero) is 1. The molecule has 4 nitrogen and oxygen atoms in total. The van der Waals surface area contributed by atoms with E-state index in [1.54, 1.807) is 6.08 Å². The standard InChI is InChI=1S/C21H20O4/c22-19(14-20(23)15-21(24)25)12-11-18(17-9-5-2-6-10-17)13-16-7-3-1-4-8-16/h1-13,19,22H,14-15H2,(H,24,25). The van der Waals surface area contributed by atoms with Gasteiger partial charge in [0.1, 0.15) is 12.2 Å². The fraction of sp³-hybridized carbons (Fsp3) is 0.143. The lowest BCUT2D eigenvalue weighted by Crippen LogP contribution is -2.14. The van der Waals surface area contributed by atoms with Crippen molar-refractivity contribution in [2.45, 2.75) is 18.9 Å². The molecule has 2 rings (SSSR count). The van der Waals surface area contributed by atoms with Gasteiger partial charge in [0.15, 0.2) is 0 Å². The molecule has 0 bridgehead atoms. The van der Waals surface area contributed by atoms with Crippen LogP contribution in [0, 0.1) is 0 Å². The van der Waals surface area contributed by atoms with Crippen molar-refractivity contribution in [1.82, 2.24) is 0 Å². The van der Waals surface area contributed by atoms with E-state index in [9.17, 15) is 14.7 Å². The van der Waals surface area contributed by atoms with Crippen molar-refractivity contribution in [1.29, 1.82) is 0 Å². The van der Waals surface area contributed by atoms with Gasteiger partial charge >= 0.3 is 5.97 Å². The van der Waals surface area contributed by atoms with E-state index in [0.717, 1.165) is 16.7 Å². The maximum Gasteiger partial charge on any atom is 0.310 e. The summed E-state index contributed by atoms with van der Waals surface area (Å²) in [6.07, 6.45) is 3.45. The zero-order chi connectivity index (χ0) is 18.1. The molecule has 0 aromatic heterocycles. The van der Waals surface area contributed by atoms with E-state index in [1.165, 1.54) is 6.08 Å². The minimum absolute atomic E-state index is 0.212. The van der Waals surface area contributed by atoms with Crippen molar-refractivity contribution in [3.05, 3.63) is 83.9 Å². The average molecular weight is 336 g/mol. The summed E-state index contributed by atoms with van der Waals surface area (Å²) in [5.41, 5.74) is 2.88. The number of ketones is 1. The molecule has 2 aromatic carbocycles. The van der Waals surface area contributed by atoms with Crippen molar-refractivity contribution in [2.75, 3.05) is 0 Å². The minimum atomic E-state index is -1.19. The van der Waals surface area contributed by atoms with Crippen molar-refractivity contribution < 1.29 is 19.8 Å². The second kappa shape index (κ2) is 9.35. The van der Waals surface area contributed by atoms with Gasteiger partial charge in [0.2, 0.25) is 0 Å². The summed E-state index contributed by atoms with van der Waals surface area (Å²) in [4.78, 5) is 22.0. The molecule has 0 aliphatic carbocycles. The summed E-state index contributed by atoms with van der Waals surface area (Å²) in [6.45, 7) is 0. The number of carbonyl (C=O) groups is 2. The number of carboxylic acid groups (broad SMARTS) is 1. The Hall–Kier alpha value is -2.98. The van der Waals surface area contributed by atoms with Crippen LogP contribution in [-0.4, -0.2) is 28.1 Å². The van der Waals surface area contributed by atoms with Gasteiger partial charge in [-0.25, -0.2) is 0 Å². The topological polar surface area (TPSA) is 74.6 Å². The van der Waals surface area contributed by atoms with Gasteiger partial charge in [0, 0.05) is 6.42 Å². The van der Waals surface area contributed by atoms with E-state index >= 15 is 0 Å². The number of carbonyl (C=O) groups excluding carboxylic acids is 1. The first-order chi connectivity index (χ1) is 12.0. The minimum Gasteiger partial charge on any atom is -0.481 e. The summed E-state index contributed by atoms with van der Waals surface area (Å²) in [5.74, 6) is -1.69. The monoisotopic (exact) mass is 336 g/mol. The molecular weight excluding hydrogens is 316 g/mol. The molecule has 0 heterocycles. The Morgan fingerprint density at radius 1 is 0.960 bits per heavy atom. The van der Waals surface area contributed by atoms with E-state index in [0.29, 0.717) is 0 Å². The SMILES string of the molecule is O=C(O)CC(=O)CC(O)C=CC(=Cc1ccccc1)c1ccccc1. The van der Waals surface area contributed by atoms with Gasteiger partial charge in [-0.1, -0.05) is 72.8 Å². The predicted molar refractivity (Wildman–Crippen MR) is 97.8 cm³/mol. The Balaban J connectivity index is 2.18. The number of aliphatic carboxylic acids is 1. The largest absolute Gasteiger partial charge is 0.481 e. The molecule has 0 saturated carbocycles. The molecule has 4 heteroatoms. The Morgan fingerprint density at radius 3 is 2.16 bits per heavy atom. The van der Waals surface area contributed by atoms with E-state index in [-0.39, 0.29) is 6.42 Å². The normalized spacial score (nSPS) is 12.9. The second-order valence-electron chi connectivity index (χ2n) is 5.62. The number of rotatable bonds is 8. The zero-order valence-corrected chi connectivity index (χ0v) is 13.7. The van der Waals surface area contributed by atoms with Crippen LogP contribution in [0.1, 0.15) is 24.0 Å². The van der Waals surface area contributed by atoms with E-state index in [2.05, 4.69) is 0 Å². The van der Waals surface area contributed by atoms with Crippen LogP contribution < -0.4 is 0 Å². The molecule has 2 N–H and O–H groups in total. The smallest absolute Gasteiger partial charge is 0.310 e. The quantitative estimate of drug-likeness (QED) is 0.439. The number of aliphatic hydroxyl groups excluding tert-OH is 1. The molecule has 25 heavy (non-hydrogen) atoms. The van der Waals surface area contributed by atoms with Crippen molar-refractivity contribution in [3.63, 3.8) is 0 Å². The molecule has 0 aliphatic rings. The van der Waals surface area contributed by atoms with Crippen LogP contribution in [0.5, 0.6) is 0 Å². The fourth-order valence-electron chi connectivity index (χ4n) is 2.34. The maximum absolute atomic E-state index is 11.5. The predicted octanol–water partition coefficient (Wildman–Crippen LogP) is 3.58. The van der Waals surface area contributed by atoms with Crippen LogP contribution in [0.2, 0.25) is 0 Å². The lowest BCUT2D eigenvalue weighted by atomic mass is 10.0. The number of benzene rings is 2. The van der Waals surface area contributed by atoms with Crippen LogP contribution in [-0.2, 0) is 9.59 Å². The summed E-state index contributed by atoms with van der Waals surface area (Å²) in [5, 5.41) is 18.6. The number of hydrogen-bond donors (Lipinski definition) is 2. The number of aliphatic hydroxyl groups is 1. The molecule has 1 atom stereocenters. The van der Waals surface area contributed by atoms with Crippen LogP contribution in [0.15, 0.2) is 72.8 Å². The number of carboxylic acids is 1. The number of hydrogen-bond acceptors (Lipinski definition) is 3. The van der Waals surface area contributed by atoms with Gasteiger partial charge in [-0.15, -0.1) is 0 Å². The van der Waals surface area contributed by atoms with Crippen LogP contribution >= 0.6 is 0 Å². The Bertz CT molecular complexity index is 761. The Morgan fingerprint density at radius 2 is 1.56 bits per heavy atom. The van der Waals surface area contributed by atoms with Gasteiger partial charge in [-0.3, -0.25) is 9.59 Å². The van der Waals surface area contributed by atoms with Gasteiger partial charge < -0.3 is 10.2 Å². The fourth-order valence-corrected chi connectivity index (χ4v) is 2.34. The van der Waals surface area contributed by atoms with Gasteiger partial charge in [-0.2, -0.15) is 0 Å². The van der Waals surface area contributed by atoms with Crippen molar-refractivity contribution >= 4 is 23.4 Å². The highest BCUT2D eigenvalue weighted by molar-refractivity contribution is 5.95. The maximum atomic E-state index is 11.5. The molecule has 0 spiro atoms. The molecule has 1 unspecified atom stereocenters. The van der Waals surface area contributed by atoms with E-state index in [4.69, 9.17) is 5.11 Å². The first-order valence-electron chi connectivity index (χ1n) is 7.96. The third-order valence-electron chi connectivity index (χ3n) is 3.51. The van der Waals surface area contributed by atoms with Crippen LogP contribution in [0.3, 0.4) is 0 Å². The van der Waals surface area contributed by atoms with Gasteiger partial charge in [0.05, 0.1) is 6.10 Å². The molecule has 128 valence electrons.